The number of sulfonamides is 1. The van der Waals surface area contributed by atoms with Crippen LogP contribution >= 0.6 is 0 Å². The zero-order valence-corrected chi connectivity index (χ0v) is 19.3. The zero-order chi connectivity index (χ0) is 23.7. The molecule has 1 amide bonds. The van der Waals surface area contributed by atoms with Crippen LogP contribution in [-0.2, 0) is 21.4 Å². The van der Waals surface area contributed by atoms with Crippen molar-refractivity contribution in [3.63, 3.8) is 0 Å². The van der Waals surface area contributed by atoms with Crippen LogP contribution in [0.5, 0.6) is 0 Å². The van der Waals surface area contributed by atoms with Gasteiger partial charge in [0, 0.05) is 49.1 Å². The summed E-state index contributed by atoms with van der Waals surface area (Å²) in [6, 6.07) is 20.9. The summed E-state index contributed by atoms with van der Waals surface area (Å²) in [5.41, 5.74) is 2.31. The molecule has 0 aliphatic carbocycles. The van der Waals surface area contributed by atoms with E-state index in [9.17, 15) is 18.0 Å². The molecule has 174 valence electrons. The minimum atomic E-state index is -3.69. The topological polar surface area (TPSA) is 88.5 Å². The molecule has 3 aromatic rings. The average Bonchev–Trinajstić information content (AvgIpc) is 2.84. The van der Waals surface area contributed by atoms with Gasteiger partial charge in [-0.2, -0.15) is 4.31 Å². The van der Waals surface area contributed by atoms with Gasteiger partial charge < -0.3 is 9.88 Å². The van der Waals surface area contributed by atoms with Crippen molar-refractivity contribution in [2.45, 2.75) is 23.8 Å². The quantitative estimate of drug-likeness (QED) is 0.574. The van der Waals surface area contributed by atoms with Crippen LogP contribution in [0.2, 0.25) is 0 Å². The van der Waals surface area contributed by atoms with Crippen molar-refractivity contribution < 1.29 is 13.2 Å². The fourth-order valence-corrected chi connectivity index (χ4v) is 6.39. The Morgan fingerprint density at radius 2 is 1.68 bits per heavy atom. The van der Waals surface area contributed by atoms with E-state index in [-0.39, 0.29) is 28.2 Å². The number of fused-ring (bicyclic) bond motifs is 4. The Bertz CT molecular complexity index is 1400. The molecular formula is C26H25N3O4S. The number of carbonyl (C=O) groups excluding carboxylic acids is 1. The van der Waals surface area contributed by atoms with Crippen LogP contribution < -0.4 is 10.9 Å². The van der Waals surface area contributed by atoms with Gasteiger partial charge in [0.05, 0.1) is 4.90 Å². The number of aromatic nitrogens is 1. The number of nitrogens with one attached hydrogen (secondary N) is 1. The molecule has 0 radical (unpaired) electrons. The molecular weight excluding hydrogens is 450 g/mol. The lowest BCUT2D eigenvalue weighted by Crippen LogP contribution is -2.48. The van der Waals surface area contributed by atoms with Crippen LogP contribution in [0.3, 0.4) is 0 Å². The molecule has 7 nitrogen and oxygen atoms in total. The number of carbonyl (C=O) groups is 1. The highest BCUT2D eigenvalue weighted by atomic mass is 32.2. The predicted octanol–water partition coefficient (Wildman–Crippen LogP) is 3.31. The van der Waals surface area contributed by atoms with Gasteiger partial charge in [0.15, 0.2) is 0 Å². The van der Waals surface area contributed by atoms with Crippen LogP contribution in [0.15, 0.2) is 88.6 Å². The van der Waals surface area contributed by atoms with E-state index in [2.05, 4.69) is 5.32 Å². The second-order valence-corrected chi connectivity index (χ2v) is 10.7. The summed E-state index contributed by atoms with van der Waals surface area (Å²) in [7, 11) is -3.69. The first-order chi connectivity index (χ1) is 16.4. The molecule has 5 rings (SSSR count). The smallest absolute Gasteiger partial charge is 0.250 e. The summed E-state index contributed by atoms with van der Waals surface area (Å²) in [4.78, 5) is 24.6. The molecule has 1 fully saturated rings. The molecule has 2 atom stereocenters. The standard InChI is InChI=1S/C26H25N3O4S/c30-25(14-9-19-5-2-1-3-6-19)27-22-10-12-23(13-11-22)34(32,33)28-16-20-15-21(18-28)24-7-4-8-26(31)29(24)17-20/h1-14,20-21H,15-18H2,(H,27,30)/b14-9-/t20-,21+/m1/s1. The maximum Gasteiger partial charge on any atom is 0.250 e. The van der Waals surface area contributed by atoms with Crippen LogP contribution in [0.4, 0.5) is 5.69 Å². The lowest BCUT2D eigenvalue weighted by atomic mass is 9.84. The van der Waals surface area contributed by atoms with Gasteiger partial charge in [-0.05, 0) is 54.3 Å². The van der Waals surface area contributed by atoms with Crippen molar-refractivity contribution in [2.24, 2.45) is 5.92 Å². The molecule has 1 saturated heterocycles. The number of pyridine rings is 1. The van der Waals surface area contributed by atoms with Gasteiger partial charge in [-0.3, -0.25) is 9.59 Å². The van der Waals surface area contributed by atoms with E-state index < -0.39 is 10.0 Å². The maximum atomic E-state index is 13.3. The molecule has 1 aromatic heterocycles. The third kappa shape index (κ3) is 4.47. The van der Waals surface area contributed by atoms with Crippen molar-refractivity contribution in [2.75, 3.05) is 18.4 Å². The van der Waals surface area contributed by atoms with Crippen LogP contribution in [0.1, 0.15) is 23.6 Å². The second-order valence-electron chi connectivity index (χ2n) is 8.78. The van der Waals surface area contributed by atoms with Gasteiger partial charge in [-0.25, -0.2) is 8.42 Å². The van der Waals surface area contributed by atoms with E-state index in [1.165, 1.54) is 22.5 Å². The third-order valence-electron chi connectivity index (χ3n) is 6.43. The number of benzene rings is 2. The van der Waals surface area contributed by atoms with Crippen LogP contribution in [0, 0.1) is 5.92 Å². The predicted molar refractivity (Wildman–Crippen MR) is 131 cm³/mol. The number of anilines is 1. The molecule has 3 heterocycles. The zero-order valence-electron chi connectivity index (χ0n) is 18.5. The lowest BCUT2D eigenvalue weighted by molar-refractivity contribution is -0.111. The highest BCUT2D eigenvalue weighted by Gasteiger charge is 2.39. The molecule has 34 heavy (non-hydrogen) atoms. The SMILES string of the molecule is O=C(/C=C\c1ccccc1)Nc1ccc(S(=O)(=O)N2C[C@H]3C[C@@H](C2)c2cccc(=O)n2C3)cc1. The van der Waals surface area contributed by atoms with E-state index in [0.29, 0.717) is 25.3 Å². The molecule has 1 N–H and O–H groups in total. The molecule has 2 aromatic carbocycles. The normalized spacial score (nSPS) is 20.1. The number of hydrogen-bond donors (Lipinski definition) is 1. The van der Waals surface area contributed by atoms with Gasteiger partial charge >= 0.3 is 0 Å². The highest BCUT2D eigenvalue weighted by molar-refractivity contribution is 7.89. The maximum absolute atomic E-state index is 13.3. The van der Waals surface area contributed by atoms with Crippen LogP contribution in [-0.4, -0.2) is 36.3 Å². The minimum absolute atomic E-state index is 0.00568. The van der Waals surface area contributed by atoms with Gasteiger partial charge in [0.25, 0.3) is 5.56 Å². The first-order valence-electron chi connectivity index (χ1n) is 11.2. The molecule has 0 spiro atoms. The Hall–Kier alpha value is -3.49. The van der Waals surface area contributed by atoms with E-state index in [0.717, 1.165) is 17.7 Å². The molecule has 0 saturated carbocycles. The third-order valence-corrected chi connectivity index (χ3v) is 8.28. The second kappa shape index (κ2) is 9.04. The first-order valence-corrected chi connectivity index (χ1v) is 12.7. The Labute approximate surface area is 198 Å². The van der Waals surface area contributed by atoms with Gasteiger partial charge in [0.2, 0.25) is 15.9 Å². The fourth-order valence-electron chi connectivity index (χ4n) is 4.83. The monoisotopic (exact) mass is 475 g/mol. The van der Waals surface area contributed by atoms with Gasteiger partial charge in [-0.1, -0.05) is 36.4 Å². The Morgan fingerprint density at radius 3 is 2.44 bits per heavy atom. The van der Waals surface area contributed by atoms with Crippen molar-refractivity contribution >= 4 is 27.7 Å². The number of rotatable bonds is 5. The number of piperidine rings is 1. The van der Waals surface area contributed by atoms with Crippen molar-refractivity contribution in [1.82, 2.24) is 8.87 Å². The summed E-state index contributed by atoms with van der Waals surface area (Å²) < 4.78 is 30.0. The summed E-state index contributed by atoms with van der Waals surface area (Å²) in [6.45, 7) is 1.28. The first kappa shape index (κ1) is 22.3. The summed E-state index contributed by atoms with van der Waals surface area (Å²) in [6.07, 6.45) is 4.04. The fraction of sp³-hybridized carbons (Fsp3) is 0.231. The lowest BCUT2D eigenvalue weighted by Gasteiger charge is -2.42. The molecule has 2 aliphatic rings. The number of nitrogens with zero attached hydrogens (tertiary/aromatic N) is 2. The van der Waals surface area contributed by atoms with Gasteiger partial charge in [-0.15, -0.1) is 0 Å². The Morgan fingerprint density at radius 1 is 0.912 bits per heavy atom. The summed E-state index contributed by atoms with van der Waals surface area (Å²) >= 11 is 0. The largest absolute Gasteiger partial charge is 0.323 e. The molecule has 8 heteroatoms. The average molecular weight is 476 g/mol. The molecule has 2 bridgehead atoms. The highest BCUT2D eigenvalue weighted by Crippen LogP contribution is 2.37. The van der Waals surface area contributed by atoms with Crippen LogP contribution in [0.25, 0.3) is 6.08 Å². The van der Waals surface area contributed by atoms with E-state index in [1.807, 2.05) is 36.4 Å². The molecule has 2 aliphatic heterocycles. The Kier molecular flexibility index (Phi) is 5.93. The van der Waals surface area contributed by atoms with Crippen molar-refractivity contribution in [3.05, 3.63) is 100 Å². The number of hydrogen-bond acceptors (Lipinski definition) is 4. The van der Waals surface area contributed by atoms with E-state index in [4.69, 9.17) is 0 Å². The van der Waals surface area contributed by atoms with E-state index >= 15 is 0 Å². The Balaban J connectivity index is 1.28. The minimum Gasteiger partial charge on any atom is -0.323 e. The summed E-state index contributed by atoms with van der Waals surface area (Å²) in [5.74, 6) is -0.181. The van der Waals surface area contributed by atoms with Crippen molar-refractivity contribution in [3.8, 4) is 0 Å². The van der Waals surface area contributed by atoms with Gasteiger partial charge in [0.1, 0.15) is 0 Å². The van der Waals surface area contributed by atoms with Crippen molar-refractivity contribution in [1.29, 1.82) is 0 Å². The molecule has 0 unspecified atom stereocenters. The van der Waals surface area contributed by atoms with E-state index in [1.54, 1.807) is 34.9 Å². The number of amides is 1. The summed E-state index contributed by atoms with van der Waals surface area (Å²) in [5, 5.41) is 2.75.